The van der Waals surface area contributed by atoms with Crippen molar-refractivity contribution in [2.75, 3.05) is 11.9 Å². The minimum Gasteiger partial charge on any atom is -0.481 e. The number of para-hydroxylation sites is 1. The van der Waals surface area contributed by atoms with Gasteiger partial charge in [0.1, 0.15) is 6.61 Å². The molecule has 1 aromatic rings. The first-order valence-electron chi connectivity index (χ1n) is 7.77. The number of amides is 1. The van der Waals surface area contributed by atoms with Crippen molar-refractivity contribution in [2.24, 2.45) is 5.92 Å². The molecule has 2 N–H and O–H groups in total. The van der Waals surface area contributed by atoms with Gasteiger partial charge in [-0.1, -0.05) is 38.0 Å². The molecule has 1 aliphatic carbocycles. The summed E-state index contributed by atoms with van der Waals surface area (Å²) < 4.78 is 5.72. The number of hydrogen-bond donors (Lipinski definition) is 2. The molecule has 1 amide bonds. The quantitative estimate of drug-likeness (QED) is 0.847. The van der Waals surface area contributed by atoms with E-state index in [9.17, 15) is 9.59 Å². The third-order valence-corrected chi connectivity index (χ3v) is 4.09. The molecule has 0 aliphatic heterocycles. The average Bonchev–Trinajstić information content (AvgIpc) is 2.48. The van der Waals surface area contributed by atoms with Gasteiger partial charge in [-0.25, -0.2) is 0 Å². The van der Waals surface area contributed by atoms with Crippen molar-refractivity contribution in [3.8, 4) is 0 Å². The van der Waals surface area contributed by atoms with Gasteiger partial charge in [-0.2, -0.15) is 0 Å². The van der Waals surface area contributed by atoms with Crippen LogP contribution in [0.4, 0.5) is 5.69 Å². The summed E-state index contributed by atoms with van der Waals surface area (Å²) in [5.41, 5.74) is 1.13. The Labute approximate surface area is 130 Å². The number of nitrogens with one attached hydrogen (secondary N) is 1. The minimum absolute atomic E-state index is 0.0103. The molecule has 0 bridgehead atoms. The van der Waals surface area contributed by atoms with Crippen molar-refractivity contribution >= 4 is 17.6 Å². The zero-order valence-electron chi connectivity index (χ0n) is 12.9. The van der Waals surface area contributed by atoms with E-state index in [4.69, 9.17) is 9.84 Å². The lowest BCUT2D eigenvalue weighted by molar-refractivity contribution is -0.136. The molecule has 0 saturated heterocycles. The van der Waals surface area contributed by atoms with Gasteiger partial charge in [0.25, 0.3) is 0 Å². The number of carboxylic acid groups (broad SMARTS) is 1. The fourth-order valence-electron chi connectivity index (χ4n) is 2.86. The van der Waals surface area contributed by atoms with E-state index in [1.165, 1.54) is 6.42 Å². The number of carbonyl (C=O) groups excluding carboxylic acids is 1. The Kier molecular flexibility index (Phi) is 5.95. The summed E-state index contributed by atoms with van der Waals surface area (Å²) in [6.45, 7) is 2.17. The molecule has 2 atom stereocenters. The molecule has 22 heavy (non-hydrogen) atoms. The third kappa shape index (κ3) is 4.84. The molecule has 5 nitrogen and oxygen atoms in total. The summed E-state index contributed by atoms with van der Waals surface area (Å²) in [5, 5.41) is 11.6. The molecule has 1 fully saturated rings. The van der Waals surface area contributed by atoms with E-state index in [1.54, 1.807) is 24.3 Å². The van der Waals surface area contributed by atoms with Crippen LogP contribution >= 0.6 is 0 Å². The Bertz CT molecular complexity index is 529. The van der Waals surface area contributed by atoms with Gasteiger partial charge >= 0.3 is 5.97 Å². The first kappa shape index (κ1) is 16.5. The Morgan fingerprint density at radius 3 is 2.73 bits per heavy atom. The van der Waals surface area contributed by atoms with Gasteiger partial charge < -0.3 is 15.2 Å². The molecule has 0 aromatic heterocycles. The first-order valence-corrected chi connectivity index (χ1v) is 7.77. The summed E-state index contributed by atoms with van der Waals surface area (Å²) in [5.74, 6) is -0.676. The fourth-order valence-corrected chi connectivity index (χ4v) is 2.86. The lowest BCUT2D eigenvalue weighted by atomic mass is 9.88. The van der Waals surface area contributed by atoms with Crippen molar-refractivity contribution in [2.45, 2.75) is 45.1 Å². The Hall–Kier alpha value is -1.88. The van der Waals surface area contributed by atoms with Crippen LogP contribution in [0, 0.1) is 5.92 Å². The highest BCUT2D eigenvalue weighted by Crippen LogP contribution is 2.26. The van der Waals surface area contributed by atoms with Crippen LogP contribution in [0.15, 0.2) is 24.3 Å². The topological polar surface area (TPSA) is 75.6 Å². The summed E-state index contributed by atoms with van der Waals surface area (Å²) in [6, 6.07) is 6.94. The molecule has 0 spiro atoms. The van der Waals surface area contributed by atoms with Gasteiger partial charge in [-0.15, -0.1) is 0 Å². The summed E-state index contributed by atoms with van der Waals surface area (Å²) >= 11 is 0. The van der Waals surface area contributed by atoms with Crippen molar-refractivity contribution in [1.82, 2.24) is 0 Å². The van der Waals surface area contributed by atoms with Crippen molar-refractivity contribution in [3.05, 3.63) is 29.8 Å². The lowest BCUT2D eigenvalue weighted by Gasteiger charge is -2.28. The number of carboxylic acids is 1. The van der Waals surface area contributed by atoms with E-state index in [2.05, 4.69) is 12.2 Å². The minimum atomic E-state index is -0.922. The highest BCUT2D eigenvalue weighted by molar-refractivity contribution is 5.93. The highest BCUT2D eigenvalue weighted by atomic mass is 16.5. The largest absolute Gasteiger partial charge is 0.481 e. The molecular weight excluding hydrogens is 282 g/mol. The highest BCUT2D eigenvalue weighted by Gasteiger charge is 2.22. The molecule has 0 heterocycles. The summed E-state index contributed by atoms with van der Waals surface area (Å²) in [4.78, 5) is 22.9. The van der Waals surface area contributed by atoms with Crippen LogP contribution in [0.5, 0.6) is 0 Å². The zero-order chi connectivity index (χ0) is 15.9. The van der Waals surface area contributed by atoms with Crippen LogP contribution in [0.1, 0.15) is 38.2 Å². The molecule has 1 saturated carbocycles. The first-order chi connectivity index (χ1) is 10.6. The number of rotatable bonds is 6. The second kappa shape index (κ2) is 7.94. The summed E-state index contributed by atoms with van der Waals surface area (Å²) in [6.07, 6.45) is 4.57. The van der Waals surface area contributed by atoms with E-state index in [1.807, 2.05) is 0 Å². The Morgan fingerprint density at radius 2 is 2.00 bits per heavy atom. The SMILES string of the molecule is CC1CCCCC1OCC(=O)Nc1ccccc1CC(=O)O. The predicted octanol–water partition coefficient (Wildman–Crippen LogP) is 2.85. The Morgan fingerprint density at radius 1 is 1.27 bits per heavy atom. The van der Waals surface area contributed by atoms with E-state index >= 15 is 0 Å². The van der Waals surface area contributed by atoms with Gasteiger partial charge in [0.05, 0.1) is 12.5 Å². The normalized spacial score (nSPS) is 21.3. The predicted molar refractivity (Wildman–Crippen MR) is 83.8 cm³/mol. The fraction of sp³-hybridized carbons (Fsp3) is 0.529. The van der Waals surface area contributed by atoms with Gasteiger partial charge in [-0.05, 0) is 30.4 Å². The summed E-state index contributed by atoms with van der Waals surface area (Å²) in [7, 11) is 0. The third-order valence-electron chi connectivity index (χ3n) is 4.09. The molecular formula is C17H23NO4. The van der Waals surface area contributed by atoms with Crippen LogP contribution in [0.3, 0.4) is 0 Å². The Balaban J connectivity index is 1.88. The molecule has 120 valence electrons. The van der Waals surface area contributed by atoms with Gasteiger partial charge in [0.15, 0.2) is 0 Å². The molecule has 0 radical (unpaired) electrons. The number of carbonyl (C=O) groups is 2. The maximum Gasteiger partial charge on any atom is 0.307 e. The van der Waals surface area contributed by atoms with Crippen LogP contribution in [0.25, 0.3) is 0 Å². The van der Waals surface area contributed by atoms with Crippen LogP contribution < -0.4 is 5.32 Å². The number of aliphatic carboxylic acids is 1. The second-order valence-corrected chi connectivity index (χ2v) is 5.89. The second-order valence-electron chi connectivity index (χ2n) is 5.89. The van der Waals surface area contributed by atoms with Crippen molar-refractivity contribution in [1.29, 1.82) is 0 Å². The van der Waals surface area contributed by atoms with Crippen LogP contribution in [-0.2, 0) is 20.7 Å². The monoisotopic (exact) mass is 305 g/mol. The van der Waals surface area contributed by atoms with E-state index in [0.29, 0.717) is 17.2 Å². The molecule has 1 aliphatic rings. The number of ether oxygens (including phenoxy) is 1. The maximum absolute atomic E-state index is 12.0. The number of hydrogen-bond acceptors (Lipinski definition) is 3. The van der Waals surface area contributed by atoms with E-state index in [-0.39, 0.29) is 25.0 Å². The maximum atomic E-state index is 12.0. The molecule has 2 unspecified atom stereocenters. The zero-order valence-corrected chi connectivity index (χ0v) is 12.9. The average molecular weight is 305 g/mol. The molecule has 1 aromatic carbocycles. The standard InChI is InChI=1S/C17H23NO4/c1-12-6-2-5-9-15(12)22-11-16(19)18-14-8-4-3-7-13(14)10-17(20)21/h3-4,7-8,12,15H,2,5-6,9-11H2,1H3,(H,18,19)(H,20,21). The van der Waals surface area contributed by atoms with Gasteiger partial charge in [-0.3, -0.25) is 9.59 Å². The molecule has 5 heteroatoms. The van der Waals surface area contributed by atoms with Gasteiger partial charge in [0, 0.05) is 5.69 Å². The van der Waals surface area contributed by atoms with Crippen LogP contribution in [0.2, 0.25) is 0 Å². The van der Waals surface area contributed by atoms with E-state index < -0.39 is 5.97 Å². The van der Waals surface area contributed by atoms with Crippen molar-refractivity contribution < 1.29 is 19.4 Å². The number of anilines is 1. The van der Waals surface area contributed by atoms with Gasteiger partial charge in [0.2, 0.25) is 5.91 Å². The van der Waals surface area contributed by atoms with Crippen molar-refractivity contribution in [3.63, 3.8) is 0 Å². The lowest BCUT2D eigenvalue weighted by Crippen LogP contribution is -2.30. The van der Waals surface area contributed by atoms with E-state index in [0.717, 1.165) is 19.3 Å². The number of benzene rings is 1. The smallest absolute Gasteiger partial charge is 0.307 e. The van der Waals surface area contributed by atoms with Crippen LogP contribution in [-0.4, -0.2) is 29.7 Å². The molecule has 2 rings (SSSR count).